The molecule has 0 amide bonds. The molecular formula is C10H14N2O2. The molecule has 0 bridgehead atoms. The number of ether oxygens (including phenoxy) is 1. The summed E-state index contributed by atoms with van der Waals surface area (Å²) in [6, 6.07) is 0. The Morgan fingerprint density at radius 2 is 2.21 bits per heavy atom. The molecule has 4 heteroatoms. The molecule has 1 fully saturated rings. The van der Waals surface area contributed by atoms with Gasteiger partial charge in [-0.15, -0.1) is 0 Å². The zero-order chi connectivity index (χ0) is 10.0. The molecule has 76 valence electrons. The standard InChI is InChI=1S/C10H14N2O2/c1-14-10(4-2-3-5-10)8-9(13)12-7-6-11-8/h6-7H,2-5H2,1H3,(H,12,13). The minimum absolute atomic E-state index is 0.128. The van der Waals surface area contributed by atoms with Gasteiger partial charge in [-0.3, -0.25) is 9.78 Å². The van der Waals surface area contributed by atoms with Crippen LogP contribution in [0.15, 0.2) is 17.2 Å². The highest BCUT2D eigenvalue weighted by atomic mass is 16.5. The molecule has 0 aromatic carbocycles. The minimum atomic E-state index is -0.436. The summed E-state index contributed by atoms with van der Waals surface area (Å²) < 4.78 is 5.48. The smallest absolute Gasteiger partial charge is 0.272 e. The molecule has 1 aromatic heterocycles. The summed E-state index contributed by atoms with van der Waals surface area (Å²) in [4.78, 5) is 18.3. The third kappa shape index (κ3) is 1.35. The summed E-state index contributed by atoms with van der Waals surface area (Å²) in [5.74, 6) is 0. The van der Waals surface area contributed by atoms with Crippen LogP contribution in [-0.4, -0.2) is 17.1 Å². The highest BCUT2D eigenvalue weighted by molar-refractivity contribution is 5.11. The predicted octanol–water partition coefficient (Wildman–Crippen LogP) is 1.19. The first-order valence-electron chi connectivity index (χ1n) is 4.88. The number of aromatic amines is 1. The lowest BCUT2D eigenvalue weighted by molar-refractivity contribution is -0.0136. The molecule has 0 spiro atoms. The van der Waals surface area contributed by atoms with E-state index in [0.717, 1.165) is 25.7 Å². The minimum Gasteiger partial charge on any atom is -0.372 e. The van der Waals surface area contributed by atoms with Gasteiger partial charge >= 0.3 is 0 Å². The maximum atomic E-state index is 11.6. The number of nitrogens with zero attached hydrogens (tertiary/aromatic N) is 1. The first kappa shape index (κ1) is 9.40. The van der Waals surface area contributed by atoms with Gasteiger partial charge < -0.3 is 9.72 Å². The Morgan fingerprint density at radius 1 is 1.50 bits per heavy atom. The van der Waals surface area contributed by atoms with E-state index in [-0.39, 0.29) is 5.56 Å². The second-order valence-electron chi connectivity index (χ2n) is 3.67. The molecule has 0 unspecified atom stereocenters. The number of hydrogen-bond acceptors (Lipinski definition) is 3. The number of H-pyrrole nitrogens is 1. The largest absolute Gasteiger partial charge is 0.372 e. The van der Waals surface area contributed by atoms with Crippen molar-refractivity contribution in [2.24, 2.45) is 0 Å². The average molecular weight is 194 g/mol. The van der Waals surface area contributed by atoms with E-state index in [4.69, 9.17) is 4.74 Å². The predicted molar refractivity (Wildman–Crippen MR) is 52.0 cm³/mol. The molecular weight excluding hydrogens is 180 g/mol. The number of rotatable bonds is 2. The van der Waals surface area contributed by atoms with E-state index >= 15 is 0 Å². The third-order valence-electron chi connectivity index (χ3n) is 2.94. The Bertz CT molecular complexity index is 366. The summed E-state index contributed by atoms with van der Waals surface area (Å²) in [7, 11) is 1.65. The van der Waals surface area contributed by atoms with Gasteiger partial charge in [-0.1, -0.05) is 12.8 Å². The highest BCUT2D eigenvalue weighted by Crippen LogP contribution is 2.38. The maximum absolute atomic E-state index is 11.6. The second kappa shape index (κ2) is 3.53. The SMILES string of the molecule is COC1(c2ncc[nH]c2=O)CCCC1. The third-order valence-corrected chi connectivity index (χ3v) is 2.94. The number of nitrogens with one attached hydrogen (secondary N) is 1. The van der Waals surface area contributed by atoms with Crippen LogP contribution in [-0.2, 0) is 10.3 Å². The van der Waals surface area contributed by atoms with Gasteiger partial charge in [0, 0.05) is 19.5 Å². The fourth-order valence-electron chi connectivity index (χ4n) is 2.16. The van der Waals surface area contributed by atoms with Gasteiger partial charge in [0.05, 0.1) is 0 Å². The fourth-order valence-corrected chi connectivity index (χ4v) is 2.16. The molecule has 1 N–H and O–H groups in total. The molecule has 0 aliphatic heterocycles. The molecule has 1 aliphatic carbocycles. The van der Waals surface area contributed by atoms with E-state index < -0.39 is 5.60 Å². The van der Waals surface area contributed by atoms with Crippen molar-refractivity contribution in [3.8, 4) is 0 Å². The number of aromatic nitrogens is 2. The highest BCUT2D eigenvalue weighted by Gasteiger charge is 2.38. The first-order valence-corrected chi connectivity index (χ1v) is 4.88. The summed E-state index contributed by atoms with van der Waals surface area (Å²) >= 11 is 0. The quantitative estimate of drug-likeness (QED) is 0.769. The molecule has 0 atom stereocenters. The topological polar surface area (TPSA) is 55.0 Å². The maximum Gasteiger partial charge on any atom is 0.272 e. The molecule has 1 heterocycles. The van der Waals surface area contributed by atoms with Crippen LogP contribution in [0.1, 0.15) is 31.4 Å². The van der Waals surface area contributed by atoms with E-state index in [1.165, 1.54) is 0 Å². The molecule has 1 aliphatic rings. The number of methoxy groups -OCH3 is 1. The lowest BCUT2D eigenvalue weighted by atomic mass is 9.98. The van der Waals surface area contributed by atoms with Crippen molar-refractivity contribution in [2.75, 3.05) is 7.11 Å². The van der Waals surface area contributed by atoms with Gasteiger partial charge in [0.1, 0.15) is 11.3 Å². The monoisotopic (exact) mass is 194 g/mol. The summed E-state index contributed by atoms with van der Waals surface area (Å²) in [6.07, 6.45) is 7.14. The van der Waals surface area contributed by atoms with Crippen LogP contribution < -0.4 is 5.56 Å². The summed E-state index contributed by atoms with van der Waals surface area (Å²) in [5.41, 5.74) is -0.0364. The second-order valence-corrected chi connectivity index (χ2v) is 3.67. The van der Waals surface area contributed by atoms with Crippen LogP contribution in [0.5, 0.6) is 0 Å². The van der Waals surface area contributed by atoms with Crippen LogP contribution in [0.25, 0.3) is 0 Å². The lowest BCUT2D eigenvalue weighted by Gasteiger charge is -2.25. The van der Waals surface area contributed by atoms with Crippen molar-refractivity contribution in [2.45, 2.75) is 31.3 Å². The van der Waals surface area contributed by atoms with Gasteiger partial charge in [-0.25, -0.2) is 0 Å². The molecule has 4 nitrogen and oxygen atoms in total. The van der Waals surface area contributed by atoms with Gasteiger partial charge in [-0.05, 0) is 12.8 Å². The van der Waals surface area contributed by atoms with Crippen molar-refractivity contribution < 1.29 is 4.74 Å². The van der Waals surface area contributed by atoms with Crippen LogP contribution in [0.3, 0.4) is 0 Å². The molecule has 14 heavy (non-hydrogen) atoms. The van der Waals surface area contributed by atoms with Crippen molar-refractivity contribution >= 4 is 0 Å². The van der Waals surface area contributed by atoms with E-state index in [0.29, 0.717) is 5.69 Å². The Balaban J connectivity index is 2.46. The van der Waals surface area contributed by atoms with Gasteiger partial charge in [0.2, 0.25) is 0 Å². The lowest BCUT2D eigenvalue weighted by Crippen LogP contribution is -2.33. The Labute approximate surface area is 82.3 Å². The van der Waals surface area contributed by atoms with Gasteiger partial charge in [0.25, 0.3) is 5.56 Å². The van der Waals surface area contributed by atoms with Crippen molar-refractivity contribution in [3.63, 3.8) is 0 Å². The zero-order valence-corrected chi connectivity index (χ0v) is 8.25. The Kier molecular flexibility index (Phi) is 2.37. The molecule has 0 radical (unpaired) electrons. The first-order chi connectivity index (χ1) is 6.78. The Morgan fingerprint density at radius 3 is 2.79 bits per heavy atom. The molecule has 0 saturated heterocycles. The summed E-state index contributed by atoms with van der Waals surface area (Å²) in [6.45, 7) is 0. The molecule has 2 rings (SSSR count). The van der Waals surface area contributed by atoms with Crippen molar-refractivity contribution in [1.29, 1.82) is 0 Å². The van der Waals surface area contributed by atoms with Crippen molar-refractivity contribution in [1.82, 2.24) is 9.97 Å². The van der Waals surface area contributed by atoms with Crippen LogP contribution in [0, 0.1) is 0 Å². The van der Waals surface area contributed by atoms with Crippen molar-refractivity contribution in [3.05, 3.63) is 28.4 Å². The summed E-state index contributed by atoms with van der Waals surface area (Å²) in [5, 5.41) is 0. The zero-order valence-electron chi connectivity index (χ0n) is 8.25. The van der Waals surface area contributed by atoms with Crippen LogP contribution in [0.2, 0.25) is 0 Å². The van der Waals surface area contributed by atoms with Crippen LogP contribution >= 0.6 is 0 Å². The van der Waals surface area contributed by atoms with E-state index in [2.05, 4.69) is 9.97 Å². The average Bonchev–Trinajstić information content (AvgIpc) is 2.68. The molecule has 1 saturated carbocycles. The Hall–Kier alpha value is -1.16. The van der Waals surface area contributed by atoms with E-state index in [9.17, 15) is 4.79 Å². The fraction of sp³-hybridized carbons (Fsp3) is 0.600. The van der Waals surface area contributed by atoms with Crippen LogP contribution in [0.4, 0.5) is 0 Å². The normalized spacial score (nSPS) is 19.8. The molecule has 1 aromatic rings. The van der Waals surface area contributed by atoms with E-state index in [1.807, 2.05) is 0 Å². The number of hydrogen-bond donors (Lipinski definition) is 1. The van der Waals surface area contributed by atoms with Gasteiger partial charge in [-0.2, -0.15) is 0 Å². The van der Waals surface area contributed by atoms with E-state index in [1.54, 1.807) is 19.5 Å². The van der Waals surface area contributed by atoms with Gasteiger partial charge in [0.15, 0.2) is 0 Å².